The summed E-state index contributed by atoms with van der Waals surface area (Å²) in [5, 5.41) is 2.96. The lowest BCUT2D eigenvalue weighted by atomic mass is 9.91. The molecule has 1 unspecified atom stereocenters. The van der Waals surface area contributed by atoms with E-state index in [1.54, 1.807) is 12.1 Å². The summed E-state index contributed by atoms with van der Waals surface area (Å²) in [5.41, 5.74) is 2.85. The molecule has 10 heteroatoms. The van der Waals surface area contributed by atoms with E-state index < -0.39 is 27.6 Å². The van der Waals surface area contributed by atoms with E-state index in [0.717, 1.165) is 24.3 Å². The first-order valence-electron chi connectivity index (χ1n) is 11.7. The first kappa shape index (κ1) is 24.2. The topological polar surface area (TPSA) is 83.0 Å². The SMILES string of the molecule is CC(c1ccc(N2CCOCC2)cc1)c1c(F)ccc2c1NC(=NCc1cccc(F)c1)NS2(=O)=O. The third-order valence-corrected chi connectivity index (χ3v) is 7.81. The van der Waals surface area contributed by atoms with E-state index in [1.807, 2.05) is 31.2 Å². The largest absolute Gasteiger partial charge is 0.378 e. The van der Waals surface area contributed by atoms with Crippen molar-refractivity contribution in [3.8, 4) is 0 Å². The van der Waals surface area contributed by atoms with Crippen LogP contribution >= 0.6 is 0 Å². The number of rotatable bonds is 5. The number of halogens is 2. The first-order valence-corrected chi connectivity index (χ1v) is 13.1. The van der Waals surface area contributed by atoms with Crippen LogP contribution in [-0.2, 0) is 21.3 Å². The number of hydrogen-bond donors (Lipinski definition) is 2. The van der Waals surface area contributed by atoms with Crippen molar-refractivity contribution in [2.24, 2.45) is 4.99 Å². The van der Waals surface area contributed by atoms with Gasteiger partial charge in [0.1, 0.15) is 16.5 Å². The molecule has 1 atom stereocenters. The van der Waals surface area contributed by atoms with Gasteiger partial charge in [-0.05, 0) is 47.5 Å². The second-order valence-electron chi connectivity index (χ2n) is 8.77. The summed E-state index contributed by atoms with van der Waals surface area (Å²) in [4.78, 5) is 6.44. The highest BCUT2D eigenvalue weighted by Gasteiger charge is 2.32. The first-order chi connectivity index (χ1) is 17.3. The number of morpholine rings is 1. The fourth-order valence-corrected chi connectivity index (χ4v) is 5.67. The summed E-state index contributed by atoms with van der Waals surface area (Å²) in [6.45, 7) is 4.85. The fraction of sp³-hybridized carbons (Fsp3) is 0.269. The zero-order valence-corrected chi connectivity index (χ0v) is 20.5. The second kappa shape index (κ2) is 9.87. The van der Waals surface area contributed by atoms with Crippen molar-refractivity contribution in [2.45, 2.75) is 24.3 Å². The number of fused-ring (bicyclic) bond motifs is 1. The van der Waals surface area contributed by atoms with Crippen LogP contribution < -0.4 is 14.9 Å². The van der Waals surface area contributed by atoms with Crippen LogP contribution in [0.1, 0.15) is 29.5 Å². The number of aliphatic imine (C=N–C) groups is 1. The van der Waals surface area contributed by atoms with E-state index >= 15 is 4.39 Å². The van der Waals surface area contributed by atoms with E-state index in [1.165, 1.54) is 24.3 Å². The summed E-state index contributed by atoms with van der Waals surface area (Å²) < 4.78 is 62.4. The summed E-state index contributed by atoms with van der Waals surface area (Å²) in [7, 11) is -3.98. The normalized spacial score (nSPS) is 18.8. The van der Waals surface area contributed by atoms with Crippen molar-refractivity contribution < 1.29 is 21.9 Å². The number of anilines is 2. The van der Waals surface area contributed by atoms with Crippen molar-refractivity contribution in [3.63, 3.8) is 0 Å². The molecular weight excluding hydrogens is 486 g/mol. The molecule has 1 fully saturated rings. The minimum absolute atomic E-state index is 0.0428. The molecule has 0 amide bonds. The molecule has 0 bridgehead atoms. The predicted molar refractivity (Wildman–Crippen MR) is 135 cm³/mol. The van der Waals surface area contributed by atoms with Gasteiger partial charge < -0.3 is 15.0 Å². The van der Waals surface area contributed by atoms with Crippen LogP contribution in [0.5, 0.6) is 0 Å². The van der Waals surface area contributed by atoms with E-state index in [2.05, 4.69) is 19.9 Å². The number of guanidine groups is 1. The van der Waals surface area contributed by atoms with Crippen LogP contribution in [0.3, 0.4) is 0 Å². The van der Waals surface area contributed by atoms with E-state index in [0.29, 0.717) is 18.8 Å². The van der Waals surface area contributed by atoms with Crippen molar-refractivity contribution in [3.05, 3.63) is 89.0 Å². The highest BCUT2D eigenvalue weighted by Crippen LogP contribution is 2.38. The summed E-state index contributed by atoms with van der Waals surface area (Å²) in [5.74, 6) is -1.42. The van der Waals surface area contributed by atoms with Crippen molar-refractivity contribution in [1.29, 1.82) is 0 Å². The maximum absolute atomic E-state index is 15.2. The Hall–Kier alpha value is -3.50. The average molecular weight is 513 g/mol. The molecule has 2 aliphatic heterocycles. The molecule has 188 valence electrons. The Labute approximate surface area is 208 Å². The maximum Gasteiger partial charge on any atom is 0.266 e. The van der Waals surface area contributed by atoms with Gasteiger partial charge in [0, 0.05) is 30.3 Å². The van der Waals surface area contributed by atoms with Crippen LogP contribution in [0.2, 0.25) is 0 Å². The lowest BCUT2D eigenvalue weighted by Crippen LogP contribution is -2.41. The van der Waals surface area contributed by atoms with Crippen LogP contribution in [0.4, 0.5) is 20.2 Å². The Bertz CT molecular complexity index is 1410. The fourth-order valence-electron chi connectivity index (χ4n) is 4.52. The van der Waals surface area contributed by atoms with Crippen molar-refractivity contribution in [2.75, 3.05) is 36.5 Å². The molecule has 2 N–H and O–H groups in total. The molecule has 36 heavy (non-hydrogen) atoms. The molecule has 0 aromatic heterocycles. The van der Waals surface area contributed by atoms with Gasteiger partial charge >= 0.3 is 0 Å². The lowest BCUT2D eigenvalue weighted by molar-refractivity contribution is 0.122. The standard InChI is InChI=1S/C26H26F2N4O3S/c1-17(19-5-7-21(8-6-19)32-11-13-35-14-12-32)24-22(28)9-10-23-25(24)30-26(31-36(23,33)34)29-16-18-3-2-4-20(27)15-18/h2-10,15,17H,11-14,16H2,1H3,(H2,29,30,31). The Morgan fingerprint density at radius 3 is 2.53 bits per heavy atom. The van der Waals surface area contributed by atoms with Gasteiger partial charge in [-0.25, -0.2) is 26.9 Å². The minimum atomic E-state index is -3.98. The van der Waals surface area contributed by atoms with Crippen LogP contribution in [0, 0.1) is 11.6 Å². The summed E-state index contributed by atoms with van der Waals surface area (Å²) >= 11 is 0. The summed E-state index contributed by atoms with van der Waals surface area (Å²) in [6, 6.07) is 16.1. The average Bonchev–Trinajstić information content (AvgIpc) is 2.87. The predicted octanol–water partition coefficient (Wildman–Crippen LogP) is 4.21. The number of hydrogen-bond acceptors (Lipinski definition) is 5. The van der Waals surface area contributed by atoms with Crippen molar-refractivity contribution >= 4 is 27.4 Å². The van der Waals surface area contributed by atoms with Gasteiger partial charge in [0.05, 0.1) is 25.4 Å². The molecule has 1 saturated heterocycles. The third kappa shape index (κ3) is 4.91. The molecule has 2 heterocycles. The van der Waals surface area contributed by atoms with Gasteiger partial charge in [-0.3, -0.25) is 0 Å². The second-order valence-corrected chi connectivity index (χ2v) is 10.4. The lowest BCUT2D eigenvalue weighted by Gasteiger charge is -2.29. The Kier molecular flexibility index (Phi) is 6.63. The summed E-state index contributed by atoms with van der Waals surface area (Å²) in [6.07, 6.45) is 0. The zero-order valence-electron chi connectivity index (χ0n) is 19.7. The van der Waals surface area contributed by atoms with Gasteiger partial charge in [-0.15, -0.1) is 0 Å². The van der Waals surface area contributed by atoms with Crippen LogP contribution in [0.15, 0.2) is 70.6 Å². The molecule has 3 aromatic rings. The number of nitrogens with zero attached hydrogens (tertiary/aromatic N) is 2. The highest BCUT2D eigenvalue weighted by molar-refractivity contribution is 7.90. The van der Waals surface area contributed by atoms with E-state index in [4.69, 9.17) is 4.74 Å². The maximum atomic E-state index is 15.2. The van der Waals surface area contributed by atoms with Gasteiger partial charge in [0.2, 0.25) is 5.96 Å². The Balaban J connectivity index is 1.46. The monoisotopic (exact) mass is 512 g/mol. The zero-order chi connectivity index (χ0) is 25.3. The molecular formula is C26H26F2N4O3S. The molecule has 5 rings (SSSR count). The van der Waals surface area contributed by atoms with Gasteiger partial charge in [0.15, 0.2) is 0 Å². The molecule has 2 aliphatic rings. The van der Waals surface area contributed by atoms with Gasteiger partial charge in [0.25, 0.3) is 10.0 Å². The molecule has 0 spiro atoms. The molecule has 3 aromatic carbocycles. The molecule has 0 radical (unpaired) electrons. The van der Waals surface area contributed by atoms with Crippen LogP contribution in [-0.4, -0.2) is 40.7 Å². The number of ether oxygens (including phenoxy) is 1. The molecule has 7 nitrogen and oxygen atoms in total. The van der Waals surface area contributed by atoms with E-state index in [9.17, 15) is 12.8 Å². The smallest absolute Gasteiger partial charge is 0.266 e. The van der Waals surface area contributed by atoms with E-state index in [-0.39, 0.29) is 28.7 Å². The third-order valence-electron chi connectivity index (χ3n) is 6.43. The Morgan fingerprint density at radius 2 is 1.81 bits per heavy atom. The number of nitrogens with one attached hydrogen (secondary N) is 2. The Morgan fingerprint density at radius 1 is 1.06 bits per heavy atom. The molecule has 0 saturated carbocycles. The van der Waals surface area contributed by atoms with Crippen LogP contribution in [0.25, 0.3) is 0 Å². The number of sulfonamides is 1. The van der Waals surface area contributed by atoms with Gasteiger partial charge in [-0.2, -0.15) is 0 Å². The minimum Gasteiger partial charge on any atom is -0.378 e. The highest BCUT2D eigenvalue weighted by atomic mass is 32.2. The quantitative estimate of drug-likeness (QED) is 0.535. The van der Waals surface area contributed by atoms with Crippen molar-refractivity contribution in [1.82, 2.24) is 4.72 Å². The van der Waals surface area contributed by atoms with Gasteiger partial charge in [-0.1, -0.05) is 31.2 Å². The molecule has 0 aliphatic carbocycles. The number of benzene rings is 3.